The first-order chi connectivity index (χ1) is 13.9. The molecule has 1 aromatic heterocycles. The zero-order chi connectivity index (χ0) is 21.0. The maximum absolute atomic E-state index is 13.4. The van der Waals surface area contributed by atoms with E-state index in [-0.39, 0.29) is 18.0 Å². The lowest BCUT2D eigenvalue weighted by molar-refractivity contribution is 0.102. The van der Waals surface area contributed by atoms with E-state index in [9.17, 15) is 14.4 Å². The predicted octanol–water partition coefficient (Wildman–Crippen LogP) is 3.66. The summed E-state index contributed by atoms with van der Waals surface area (Å²) in [5.41, 5.74) is 2.76. The maximum atomic E-state index is 13.4. The van der Waals surface area contributed by atoms with Crippen molar-refractivity contribution in [1.82, 2.24) is 9.55 Å². The SMILES string of the molecule is CCc1c(C(=O)c2cc(C)cc(C)c2)n(CC=Cc2ccccc2)c(=O)[nH]c1=O. The topological polar surface area (TPSA) is 71.9 Å². The Morgan fingerprint density at radius 1 is 1.03 bits per heavy atom. The van der Waals surface area contributed by atoms with E-state index in [1.807, 2.05) is 62.4 Å². The first kappa shape index (κ1) is 20.3. The van der Waals surface area contributed by atoms with Crippen LogP contribution < -0.4 is 11.2 Å². The van der Waals surface area contributed by atoms with Crippen LogP contribution in [0.1, 0.15) is 45.2 Å². The van der Waals surface area contributed by atoms with Gasteiger partial charge in [0.25, 0.3) is 5.56 Å². The molecule has 2 aromatic carbocycles. The average molecular weight is 388 g/mol. The molecule has 1 heterocycles. The van der Waals surface area contributed by atoms with Gasteiger partial charge in [-0.3, -0.25) is 19.1 Å². The van der Waals surface area contributed by atoms with E-state index < -0.39 is 11.2 Å². The van der Waals surface area contributed by atoms with Gasteiger partial charge in [-0.1, -0.05) is 66.6 Å². The highest BCUT2D eigenvalue weighted by atomic mass is 16.2. The molecule has 0 spiro atoms. The fraction of sp³-hybridized carbons (Fsp3) is 0.208. The molecule has 0 bridgehead atoms. The van der Waals surface area contributed by atoms with Crippen LogP contribution in [0.2, 0.25) is 0 Å². The van der Waals surface area contributed by atoms with Crippen molar-refractivity contribution in [1.29, 1.82) is 0 Å². The van der Waals surface area contributed by atoms with E-state index in [0.29, 0.717) is 17.5 Å². The number of carbonyl (C=O) groups excluding carboxylic acids is 1. The summed E-state index contributed by atoms with van der Waals surface area (Å²) in [6, 6.07) is 15.2. The number of ketones is 1. The Bertz CT molecular complexity index is 1160. The van der Waals surface area contributed by atoms with Crippen LogP contribution in [0, 0.1) is 13.8 Å². The smallest absolute Gasteiger partial charge is 0.287 e. The Hall–Kier alpha value is -3.47. The number of H-pyrrole nitrogens is 1. The molecule has 5 heteroatoms. The Balaban J connectivity index is 2.11. The number of hydrogen-bond donors (Lipinski definition) is 1. The summed E-state index contributed by atoms with van der Waals surface area (Å²) in [4.78, 5) is 40.6. The van der Waals surface area contributed by atoms with Crippen molar-refractivity contribution in [2.75, 3.05) is 0 Å². The van der Waals surface area contributed by atoms with Crippen LogP contribution >= 0.6 is 0 Å². The van der Waals surface area contributed by atoms with Gasteiger partial charge in [0, 0.05) is 17.7 Å². The average Bonchev–Trinajstić information content (AvgIpc) is 2.68. The van der Waals surface area contributed by atoms with Crippen molar-refractivity contribution in [2.45, 2.75) is 33.7 Å². The van der Waals surface area contributed by atoms with Gasteiger partial charge in [-0.15, -0.1) is 0 Å². The van der Waals surface area contributed by atoms with E-state index >= 15 is 0 Å². The molecule has 5 nitrogen and oxygen atoms in total. The van der Waals surface area contributed by atoms with Gasteiger partial charge in [-0.25, -0.2) is 4.79 Å². The molecule has 0 saturated carbocycles. The van der Waals surface area contributed by atoms with Gasteiger partial charge in [0.15, 0.2) is 0 Å². The summed E-state index contributed by atoms with van der Waals surface area (Å²) in [5.74, 6) is -0.315. The molecule has 148 valence electrons. The maximum Gasteiger partial charge on any atom is 0.329 e. The van der Waals surface area contributed by atoms with Crippen LogP contribution in [-0.2, 0) is 13.0 Å². The van der Waals surface area contributed by atoms with Crippen molar-refractivity contribution in [3.8, 4) is 0 Å². The Morgan fingerprint density at radius 3 is 2.31 bits per heavy atom. The minimum absolute atomic E-state index is 0.156. The van der Waals surface area contributed by atoms with Crippen LogP contribution in [0.15, 0.2) is 64.2 Å². The lowest BCUT2D eigenvalue weighted by atomic mass is 9.99. The minimum atomic E-state index is -0.586. The first-order valence-corrected chi connectivity index (χ1v) is 9.61. The highest BCUT2D eigenvalue weighted by molar-refractivity contribution is 6.09. The number of rotatable bonds is 6. The van der Waals surface area contributed by atoms with Gasteiger partial charge in [0.1, 0.15) is 5.69 Å². The van der Waals surface area contributed by atoms with Gasteiger partial charge >= 0.3 is 5.69 Å². The highest BCUT2D eigenvalue weighted by Crippen LogP contribution is 2.16. The quantitative estimate of drug-likeness (QED) is 0.655. The molecule has 0 unspecified atom stereocenters. The number of aromatic amines is 1. The molecule has 3 aromatic rings. The summed E-state index contributed by atoms with van der Waals surface area (Å²) in [6.45, 7) is 5.82. The number of aryl methyl sites for hydroxylation is 2. The number of nitrogens with zero attached hydrogens (tertiary/aromatic N) is 1. The lowest BCUT2D eigenvalue weighted by Crippen LogP contribution is -2.37. The molecule has 0 aliphatic carbocycles. The second kappa shape index (κ2) is 8.69. The van der Waals surface area contributed by atoms with Gasteiger partial charge < -0.3 is 0 Å². The number of allylic oxidation sites excluding steroid dienone is 1. The fourth-order valence-electron chi connectivity index (χ4n) is 3.47. The standard InChI is InChI=1S/C24H24N2O3/c1-4-20-21(22(27)19-14-16(2)13-17(3)15-19)26(24(29)25-23(20)28)12-8-11-18-9-6-5-7-10-18/h5-11,13-15H,4,12H2,1-3H3,(H,25,28,29). The summed E-state index contributed by atoms with van der Waals surface area (Å²) in [6.07, 6.45) is 4.05. The zero-order valence-corrected chi connectivity index (χ0v) is 16.9. The number of nitrogens with one attached hydrogen (secondary N) is 1. The molecular weight excluding hydrogens is 364 g/mol. The monoisotopic (exact) mass is 388 g/mol. The third kappa shape index (κ3) is 4.51. The highest BCUT2D eigenvalue weighted by Gasteiger charge is 2.21. The molecule has 0 atom stereocenters. The van der Waals surface area contributed by atoms with Gasteiger partial charge in [0.05, 0.1) is 0 Å². The van der Waals surface area contributed by atoms with Crippen LogP contribution in [-0.4, -0.2) is 15.3 Å². The molecule has 0 saturated heterocycles. The summed E-state index contributed by atoms with van der Waals surface area (Å²) in [5, 5.41) is 0. The lowest BCUT2D eigenvalue weighted by Gasteiger charge is -2.14. The molecule has 0 aliphatic rings. The van der Waals surface area contributed by atoms with E-state index in [1.54, 1.807) is 19.1 Å². The number of aromatic nitrogens is 2. The molecule has 0 aliphatic heterocycles. The zero-order valence-electron chi connectivity index (χ0n) is 16.9. The number of hydrogen-bond acceptors (Lipinski definition) is 3. The molecular formula is C24H24N2O3. The van der Waals surface area contributed by atoms with Crippen LogP contribution in [0.5, 0.6) is 0 Å². The van der Waals surface area contributed by atoms with Gasteiger partial charge in [-0.05, 0) is 38.0 Å². The summed E-state index contributed by atoms with van der Waals surface area (Å²) < 4.78 is 1.35. The Labute approximate surface area is 169 Å². The van der Waals surface area contributed by atoms with E-state index in [0.717, 1.165) is 16.7 Å². The van der Waals surface area contributed by atoms with Crippen molar-refractivity contribution in [2.24, 2.45) is 0 Å². The van der Waals surface area contributed by atoms with Crippen molar-refractivity contribution >= 4 is 11.9 Å². The number of carbonyl (C=O) groups is 1. The third-order valence-corrected chi connectivity index (χ3v) is 4.75. The predicted molar refractivity (Wildman–Crippen MR) is 116 cm³/mol. The van der Waals surface area contributed by atoms with Gasteiger partial charge in [-0.2, -0.15) is 0 Å². The summed E-state index contributed by atoms with van der Waals surface area (Å²) in [7, 11) is 0. The van der Waals surface area contributed by atoms with E-state index in [2.05, 4.69) is 4.98 Å². The molecule has 29 heavy (non-hydrogen) atoms. The van der Waals surface area contributed by atoms with Crippen LogP contribution in [0.4, 0.5) is 0 Å². The molecule has 0 radical (unpaired) electrons. The molecule has 3 rings (SSSR count). The van der Waals surface area contributed by atoms with Crippen LogP contribution in [0.25, 0.3) is 6.08 Å². The Kier molecular flexibility index (Phi) is 6.07. The second-order valence-corrected chi connectivity index (χ2v) is 7.07. The van der Waals surface area contributed by atoms with Gasteiger partial charge in [0.2, 0.25) is 5.78 Å². The molecule has 1 N–H and O–H groups in total. The van der Waals surface area contributed by atoms with Crippen molar-refractivity contribution in [3.63, 3.8) is 0 Å². The summed E-state index contributed by atoms with van der Waals surface area (Å²) >= 11 is 0. The minimum Gasteiger partial charge on any atom is -0.287 e. The normalized spacial score (nSPS) is 11.1. The van der Waals surface area contributed by atoms with Crippen molar-refractivity contribution < 1.29 is 4.79 Å². The first-order valence-electron chi connectivity index (χ1n) is 9.61. The van der Waals surface area contributed by atoms with Crippen molar-refractivity contribution in [3.05, 3.63) is 109 Å². The fourth-order valence-corrected chi connectivity index (χ4v) is 3.47. The Morgan fingerprint density at radius 2 is 1.69 bits per heavy atom. The second-order valence-electron chi connectivity index (χ2n) is 7.07. The molecule has 0 amide bonds. The molecule has 0 fully saturated rings. The third-order valence-electron chi connectivity index (χ3n) is 4.75. The van der Waals surface area contributed by atoms with E-state index in [4.69, 9.17) is 0 Å². The largest absolute Gasteiger partial charge is 0.329 e. The number of benzene rings is 2. The van der Waals surface area contributed by atoms with E-state index in [1.165, 1.54) is 4.57 Å². The van der Waals surface area contributed by atoms with Crippen LogP contribution in [0.3, 0.4) is 0 Å².